The van der Waals surface area contributed by atoms with Gasteiger partial charge in [0.1, 0.15) is 5.60 Å². The lowest BCUT2D eigenvalue weighted by Crippen LogP contribution is -2.59. The molecule has 2 aliphatic rings. The van der Waals surface area contributed by atoms with E-state index in [-0.39, 0.29) is 17.7 Å². The van der Waals surface area contributed by atoms with Crippen LogP contribution in [0.5, 0.6) is 0 Å². The van der Waals surface area contributed by atoms with E-state index in [1.807, 2.05) is 24.1 Å². The summed E-state index contributed by atoms with van der Waals surface area (Å²) in [5, 5.41) is 4.29. The van der Waals surface area contributed by atoms with Crippen molar-refractivity contribution in [3.63, 3.8) is 0 Å². The molecule has 25 heavy (non-hydrogen) atoms. The number of morpholine rings is 1. The molecule has 2 aliphatic heterocycles. The highest BCUT2D eigenvalue weighted by Gasteiger charge is 2.43. The lowest BCUT2D eigenvalue weighted by Gasteiger charge is -2.42. The fourth-order valence-corrected chi connectivity index (χ4v) is 3.97. The molecule has 0 aliphatic carbocycles. The van der Waals surface area contributed by atoms with E-state index in [9.17, 15) is 4.79 Å². The topological polar surface area (TPSA) is 66.6 Å². The standard InChI is InChI=1S/C19H25N3O3/c1-14-11-22(12-19(25-14)7-10-24-13-19)18(23)21-8-5-15-3-2-4-17-16(15)6-9-20-17/h2-4,6,9,14,20H,5,7-8,10-13H2,1H3,(H,21,23). The van der Waals surface area contributed by atoms with Crippen molar-refractivity contribution in [1.29, 1.82) is 0 Å². The Labute approximate surface area is 147 Å². The van der Waals surface area contributed by atoms with Crippen molar-refractivity contribution in [2.75, 3.05) is 32.8 Å². The third-order valence-corrected chi connectivity index (χ3v) is 5.12. The summed E-state index contributed by atoms with van der Waals surface area (Å²) in [6.07, 6.45) is 3.66. The molecule has 2 aromatic rings. The van der Waals surface area contributed by atoms with Crippen molar-refractivity contribution in [2.45, 2.75) is 31.5 Å². The average Bonchev–Trinajstić information content (AvgIpc) is 3.24. The molecule has 2 unspecified atom stereocenters. The van der Waals surface area contributed by atoms with Crippen LogP contribution in [0.3, 0.4) is 0 Å². The summed E-state index contributed by atoms with van der Waals surface area (Å²) >= 11 is 0. The molecule has 2 atom stereocenters. The molecule has 2 amide bonds. The number of nitrogens with zero attached hydrogens (tertiary/aromatic N) is 1. The summed E-state index contributed by atoms with van der Waals surface area (Å²) in [4.78, 5) is 17.7. The summed E-state index contributed by atoms with van der Waals surface area (Å²) in [6, 6.07) is 8.30. The third-order valence-electron chi connectivity index (χ3n) is 5.12. The van der Waals surface area contributed by atoms with Gasteiger partial charge < -0.3 is 24.7 Å². The largest absolute Gasteiger partial charge is 0.378 e. The Kier molecular flexibility index (Phi) is 4.39. The summed E-state index contributed by atoms with van der Waals surface area (Å²) in [7, 11) is 0. The molecule has 0 bridgehead atoms. The lowest BCUT2D eigenvalue weighted by molar-refractivity contribution is -0.137. The average molecular weight is 343 g/mol. The normalized spacial score (nSPS) is 26.4. The number of aromatic amines is 1. The lowest BCUT2D eigenvalue weighted by atomic mass is 9.99. The van der Waals surface area contributed by atoms with Crippen LogP contribution in [-0.4, -0.2) is 60.5 Å². The van der Waals surface area contributed by atoms with Gasteiger partial charge in [0.05, 0.1) is 19.3 Å². The van der Waals surface area contributed by atoms with Crippen LogP contribution in [0, 0.1) is 0 Å². The highest BCUT2D eigenvalue weighted by atomic mass is 16.6. The van der Waals surface area contributed by atoms with Crippen LogP contribution < -0.4 is 5.32 Å². The number of hydrogen-bond acceptors (Lipinski definition) is 3. The number of rotatable bonds is 3. The van der Waals surface area contributed by atoms with Gasteiger partial charge in [-0.2, -0.15) is 0 Å². The van der Waals surface area contributed by atoms with Crippen molar-refractivity contribution in [3.8, 4) is 0 Å². The van der Waals surface area contributed by atoms with Gasteiger partial charge in [-0.1, -0.05) is 12.1 Å². The zero-order chi connectivity index (χ0) is 17.3. The number of nitrogens with one attached hydrogen (secondary N) is 2. The van der Waals surface area contributed by atoms with Crippen molar-refractivity contribution in [2.24, 2.45) is 0 Å². The molecule has 2 N–H and O–H groups in total. The Morgan fingerprint density at radius 1 is 1.44 bits per heavy atom. The van der Waals surface area contributed by atoms with E-state index >= 15 is 0 Å². The number of H-pyrrole nitrogens is 1. The molecule has 2 fully saturated rings. The van der Waals surface area contributed by atoms with Gasteiger partial charge in [0.15, 0.2) is 0 Å². The Bertz CT molecular complexity index is 751. The molecule has 2 saturated heterocycles. The SMILES string of the molecule is CC1CN(C(=O)NCCc2cccc3[nH]ccc23)CC2(CCOC2)O1. The van der Waals surface area contributed by atoms with E-state index in [0.29, 0.717) is 32.8 Å². The quantitative estimate of drug-likeness (QED) is 0.899. The minimum absolute atomic E-state index is 0.0114. The maximum Gasteiger partial charge on any atom is 0.317 e. The molecular weight excluding hydrogens is 318 g/mol. The van der Waals surface area contributed by atoms with Crippen molar-refractivity contribution < 1.29 is 14.3 Å². The van der Waals surface area contributed by atoms with Crippen LogP contribution in [-0.2, 0) is 15.9 Å². The fourth-order valence-electron chi connectivity index (χ4n) is 3.97. The number of ether oxygens (including phenoxy) is 2. The highest BCUT2D eigenvalue weighted by Crippen LogP contribution is 2.30. The van der Waals surface area contributed by atoms with Crippen LogP contribution >= 0.6 is 0 Å². The highest BCUT2D eigenvalue weighted by molar-refractivity contribution is 5.83. The van der Waals surface area contributed by atoms with E-state index in [0.717, 1.165) is 18.4 Å². The fraction of sp³-hybridized carbons (Fsp3) is 0.526. The minimum atomic E-state index is -0.314. The van der Waals surface area contributed by atoms with Crippen molar-refractivity contribution >= 4 is 16.9 Å². The van der Waals surface area contributed by atoms with Crippen molar-refractivity contribution in [1.82, 2.24) is 15.2 Å². The Balaban J connectivity index is 1.35. The van der Waals surface area contributed by atoms with Gasteiger partial charge in [0, 0.05) is 43.2 Å². The summed E-state index contributed by atoms with van der Waals surface area (Å²) in [5.74, 6) is 0. The van der Waals surface area contributed by atoms with Gasteiger partial charge in [-0.25, -0.2) is 4.79 Å². The molecule has 1 aromatic heterocycles. The van der Waals surface area contributed by atoms with Gasteiger partial charge in [0.25, 0.3) is 0 Å². The van der Waals surface area contributed by atoms with Gasteiger partial charge >= 0.3 is 6.03 Å². The van der Waals surface area contributed by atoms with Crippen LogP contribution in [0.4, 0.5) is 4.79 Å². The Hall–Kier alpha value is -2.05. The zero-order valence-corrected chi connectivity index (χ0v) is 14.6. The number of aromatic nitrogens is 1. The molecule has 1 aromatic carbocycles. The van der Waals surface area contributed by atoms with Gasteiger partial charge in [-0.05, 0) is 31.0 Å². The number of urea groups is 1. The predicted molar refractivity (Wildman–Crippen MR) is 95.7 cm³/mol. The van der Waals surface area contributed by atoms with Crippen LogP contribution in [0.25, 0.3) is 10.9 Å². The maximum absolute atomic E-state index is 12.6. The number of hydrogen-bond donors (Lipinski definition) is 2. The second-order valence-electron chi connectivity index (χ2n) is 7.13. The van der Waals surface area contributed by atoms with Gasteiger partial charge in [-0.3, -0.25) is 0 Å². The minimum Gasteiger partial charge on any atom is -0.378 e. The first-order valence-electron chi connectivity index (χ1n) is 8.99. The number of carbonyl (C=O) groups is 1. The molecule has 4 rings (SSSR count). The molecule has 6 nitrogen and oxygen atoms in total. The first-order chi connectivity index (χ1) is 12.2. The first-order valence-corrected chi connectivity index (χ1v) is 8.99. The maximum atomic E-state index is 12.6. The molecule has 1 spiro atoms. The van der Waals surface area contributed by atoms with E-state index in [4.69, 9.17) is 9.47 Å². The number of benzene rings is 1. The van der Waals surface area contributed by atoms with E-state index < -0.39 is 0 Å². The molecule has 134 valence electrons. The van der Waals surface area contributed by atoms with E-state index in [1.165, 1.54) is 10.9 Å². The third kappa shape index (κ3) is 3.37. The van der Waals surface area contributed by atoms with E-state index in [2.05, 4.69) is 28.5 Å². The van der Waals surface area contributed by atoms with E-state index in [1.54, 1.807) is 0 Å². The summed E-state index contributed by atoms with van der Waals surface area (Å²) in [6.45, 7) is 5.17. The second kappa shape index (κ2) is 6.69. The number of fused-ring (bicyclic) bond motifs is 1. The monoisotopic (exact) mass is 343 g/mol. The molecule has 0 saturated carbocycles. The van der Waals surface area contributed by atoms with Crippen molar-refractivity contribution in [3.05, 3.63) is 36.0 Å². The first kappa shape index (κ1) is 16.4. The number of amides is 2. The molecule has 3 heterocycles. The predicted octanol–water partition coefficient (Wildman–Crippen LogP) is 2.30. The Morgan fingerprint density at radius 3 is 3.20 bits per heavy atom. The summed E-state index contributed by atoms with van der Waals surface area (Å²) in [5.41, 5.74) is 2.06. The van der Waals surface area contributed by atoms with Crippen LogP contribution in [0.2, 0.25) is 0 Å². The van der Waals surface area contributed by atoms with Gasteiger partial charge in [0.2, 0.25) is 0 Å². The molecule has 6 heteroatoms. The number of carbonyl (C=O) groups excluding carboxylic acids is 1. The van der Waals surface area contributed by atoms with Gasteiger partial charge in [-0.15, -0.1) is 0 Å². The zero-order valence-electron chi connectivity index (χ0n) is 14.6. The molecular formula is C19H25N3O3. The molecule has 0 radical (unpaired) electrons. The summed E-state index contributed by atoms with van der Waals surface area (Å²) < 4.78 is 11.6. The Morgan fingerprint density at radius 2 is 2.36 bits per heavy atom. The van der Waals surface area contributed by atoms with Crippen LogP contribution in [0.1, 0.15) is 18.9 Å². The smallest absolute Gasteiger partial charge is 0.317 e. The van der Waals surface area contributed by atoms with Crippen LogP contribution in [0.15, 0.2) is 30.5 Å². The second-order valence-corrected chi connectivity index (χ2v) is 7.13.